The second-order valence-corrected chi connectivity index (χ2v) is 5.12. The van der Waals surface area contributed by atoms with Gasteiger partial charge in [-0.3, -0.25) is 0 Å². The first-order valence-corrected chi connectivity index (χ1v) is 7.10. The summed E-state index contributed by atoms with van der Waals surface area (Å²) < 4.78 is 5.54. The molecule has 1 aromatic rings. The van der Waals surface area contributed by atoms with Crippen LogP contribution in [0.5, 0.6) is 5.75 Å². The lowest BCUT2D eigenvalue weighted by atomic mass is 9.85. The fraction of sp³-hybridized carbons (Fsp3) is 0.625. The minimum atomic E-state index is 0.756. The Balaban J connectivity index is 1.83. The number of hydrogen-bond acceptors (Lipinski definition) is 1. The van der Waals surface area contributed by atoms with Crippen LogP contribution in [0.3, 0.4) is 0 Å². The predicted molar refractivity (Wildman–Crippen MR) is 72.5 cm³/mol. The highest BCUT2D eigenvalue weighted by Crippen LogP contribution is 2.27. The number of aryl methyl sites for hydroxylation is 1. The zero-order valence-corrected chi connectivity index (χ0v) is 11.0. The van der Waals surface area contributed by atoms with Gasteiger partial charge in [-0.05, 0) is 43.4 Å². The van der Waals surface area contributed by atoms with E-state index in [-0.39, 0.29) is 0 Å². The molecule has 1 fully saturated rings. The van der Waals surface area contributed by atoms with E-state index in [0.717, 1.165) is 18.3 Å². The molecule has 0 radical (unpaired) electrons. The Kier molecular flexibility index (Phi) is 4.90. The summed E-state index contributed by atoms with van der Waals surface area (Å²) in [7, 11) is 0. The third-order valence-electron chi connectivity index (χ3n) is 3.78. The molecule has 1 aliphatic rings. The van der Waals surface area contributed by atoms with Gasteiger partial charge < -0.3 is 4.74 Å². The van der Waals surface area contributed by atoms with E-state index in [1.165, 1.54) is 50.5 Å². The van der Waals surface area contributed by atoms with Gasteiger partial charge in [0, 0.05) is 0 Å². The van der Waals surface area contributed by atoms with Crippen molar-refractivity contribution in [1.82, 2.24) is 0 Å². The lowest BCUT2D eigenvalue weighted by Gasteiger charge is -2.21. The normalized spacial score (nSPS) is 17.0. The van der Waals surface area contributed by atoms with Crippen LogP contribution in [0.4, 0.5) is 0 Å². The molecule has 0 atom stereocenters. The van der Waals surface area contributed by atoms with Crippen molar-refractivity contribution in [2.24, 2.45) is 5.92 Å². The first kappa shape index (κ1) is 12.5. The maximum absolute atomic E-state index is 5.54. The van der Waals surface area contributed by atoms with Crippen molar-refractivity contribution in [3.63, 3.8) is 0 Å². The minimum absolute atomic E-state index is 0.756. The molecular weight excluding hydrogens is 208 g/mol. The predicted octanol–water partition coefficient (Wildman–Crippen LogP) is 4.60. The van der Waals surface area contributed by atoms with Crippen LogP contribution in [0.15, 0.2) is 24.3 Å². The van der Waals surface area contributed by atoms with Crippen LogP contribution in [-0.4, -0.2) is 6.61 Å². The first-order valence-electron chi connectivity index (χ1n) is 7.10. The van der Waals surface area contributed by atoms with Crippen molar-refractivity contribution >= 4 is 0 Å². The third kappa shape index (κ3) is 4.07. The summed E-state index contributed by atoms with van der Waals surface area (Å²) in [6.45, 7) is 2.79. The molecule has 1 aliphatic carbocycles. The molecule has 0 amide bonds. The van der Waals surface area contributed by atoms with Gasteiger partial charge in [0.05, 0.1) is 6.61 Å². The average Bonchev–Trinajstić information content (AvgIpc) is 2.39. The molecule has 0 spiro atoms. The van der Waals surface area contributed by atoms with Crippen molar-refractivity contribution in [2.75, 3.05) is 6.61 Å². The molecule has 0 saturated heterocycles. The van der Waals surface area contributed by atoms with E-state index in [0.29, 0.717) is 0 Å². The van der Waals surface area contributed by atoms with Crippen molar-refractivity contribution in [1.29, 1.82) is 0 Å². The highest BCUT2D eigenvalue weighted by molar-refractivity contribution is 5.28. The van der Waals surface area contributed by atoms with Crippen molar-refractivity contribution in [2.45, 2.75) is 51.9 Å². The summed E-state index contributed by atoms with van der Waals surface area (Å²) in [4.78, 5) is 0. The molecule has 0 heterocycles. The van der Waals surface area contributed by atoms with E-state index in [1.807, 2.05) is 13.0 Å². The topological polar surface area (TPSA) is 9.23 Å². The maximum atomic E-state index is 5.54. The summed E-state index contributed by atoms with van der Waals surface area (Å²) in [6.07, 6.45) is 9.82. The van der Waals surface area contributed by atoms with E-state index in [4.69, 9.17) is 4.74 Å². The van der Waals surface area contributed by atoms with Crippen molar-refractivity contribution in [3.05, 3.63) is 29.8 Å². The van der Waals surface area contributed by atoms with Crippen LogP contribution >= 0.6 is 0 Å². The molecule has 1 heteroatoms. The second-order valence-electron chi connectivity index (χ2n) is 5.12. The second kappa shape index (κ2) is 6.68. The van der Waals surface area contributed by atoms with Crippen LogP contribution in [0.1, 0.15) is 51.0 Å². The molecule has 17 heavy (non-hydrogen) atoms. The molecule has 94 valence electrons. The summed E-state index contributed by atoms with van der Waals surface area (Å²) in [6, 6.07) is 8.59. The van der Waals surface area contributed by atoms with E-state index in [2.05, 4.69) is 18.2 Å². The molecule has 2 rings (SSSR count). The minimum Gasteiger partial charge on any atom is -0.494 e. The Hall–Kier alpha value is -0.980. The zero-order valence-electron chi connectivity index (χ0n) is 11.0. The van der Waals surface area contributed by atoms with Crippen LogP contribution < -0.4 is 4.74 Å². The lowest BCUT2D eigenvalue weighted by Crippen LogP contribution is -2.07. The van der Waals surface area contributed by atoms with E-state index in [1.54, 1.807) is 0 Å². The van der Waals surface area contributed by atoms with Gasteiger partial charge in [-0.1, -0.05) is 44.2 Å². The molecule has 1 aromatic carbocycles. The first-order chi connectivity index (χ1) is 8.38. The Morgan fingerprint density at radius 2 is 2.00 bits per heavy atom. The largest absolute Gasteiger partial charge is 0.494 e. The Morgan fingerprint density at radius 1 is 1.18 bits per heavy atom. The molecule has 0 aliphatic heterocycles. The van der Waals surface area contributed by atoms with Crippen molar-refractivity contribution < 1.29 is 4.74 Å². The van der Waals surface area contributed by atoms with Crippen molar-refractivity contribution in [3.8, 4) is 5.75 Å². The summed E-state index contributed by atoms with van der Waals surface area (Å²) in [5.74, 6) is 1.99. The molecule has 1 saturated carbocycles. The quantitative estimate of drug-likeness (QED) is 0.721. The average molecular weight is 232 g/mol. The van der Waals surface area contributed by atoms with Gasteiger partial charge >= 0.3 is 0 Å². The molecule has 0 aromatic heterocycles. The van der Waals surface area contributed by atoms with Gasteiger partial charge in [0.15, 0.2) is 0 Å². The number of ether oxygens (including phenoxy) is 1. The van der Waals surface area contributed by atoms with E-state index >= 15 is 0 Å². The SMILES string of the molecule is CCOc1cccc(CCC2CCCCC2)c1. The number of rotatable bonds is 5. The molecular formula is C16H24O. The Morgan fingerprint density at radius 3 is 2.76 bits per heavy atom. The molecule has 1 nitrogen and oxygen atoms in total. The van der Waals surface area contributed by atoms with Crippen LogP contribution in [0.2, 0.25) is 0 Å². The maximum Gasteiger partial charge on any atom is 0.119 e. The van der Waals surface area contributed by atoms with Gasteiger partial charge in [-0.25, -0.2) is 0 Å². The van der Waals surface area contributed by atoms with Crippen LogP contribution in [0, 0.1) is 5.92 Å². The highest BCUT2D eigenvalue weighted by Gasteiger charge is 2.13. The van der Waals surface area contributed by atoms with Crippen LogP contribution in [-0.2, 0) is 6.42 Å². The molecule has 0 N–H and O–H groups in total. The monoisotopic (exact) mass is 232 g/mol. The van der Waals surface area contributed by atoms with Gasteiger partial charge in [0.1, 0.15) is 5.75 Å². The fourth-order valence-corrected chi connectivity index (χ4v) is 2.80. The van der Waals surface area contributed by atoms with E-state index in [9.17, 15) is 0 Å². The summed E-state index contributed by atoms with van der Waals surface area (Å²) in [5, 5.41) is 0. The smallest absolute Gasteiger partial charge is 0.119 e. The van der Waals surface area contributed by atoms with Gasteiger partial charge in [-0.15, -0.1) is 0 Å². The summed E-state index contributed by atoms with van der Waals surface area (Å²) >= 11 is 0. The third-order valence-corrected chi connectivity index (χ3v) is 3.78. The van der Waals surface area contributed by atoms with Gasteiger partial charge in [0.2, 0.25) is 0 Å². The molecule has 0 bridgehead atoms. The fourth-order valence-electron chi connectivity index (χ4n) is 2.80. The standard InChI is InChI=1S/C16H24O/c1-2-17-16-10-6-9-15(13-16)12-11-14-7-4-3-5-8-14/h6,9-10,13-14H,2-5,7-8,11-12H2,1H3. The van der Waals surface area contributed by atoms with Crippen LogP contribution in [0.25, 0.3) is 0 Å². The Bertz CT molecular complexity index is 326. The van der Waals surface area contributed by atoms with E-state index < -0.39 is 0 Å². The van der Waals surface area contributed by atoms with Gasteiger partial charge in [0.25, 0.3) is 0 Å². The van der Waals surface area contributed by atoms with Gasteiger partial charge in [-0.2, -0.15) is 0 Å². The number of benzene rings is 1. The zero-order chi connectivity index (χ0) is 11.9. The lowest BCUT2D eigenvalue weighted by molar-refractivity contribution is 0.335. The number of hydrogen-bond donors (Lipinski definition) is 0. The Labute approximate surface area is 105 Å². The molecule has 0 unspecified atom stereocenters. The summed E-state index contributed by atoms with van der Waals surface area (Å²) in [5.41, 5.74) is 1.43. The highest BCUT2D eigenvalue weighted by atomic mass is 16.5.